The first-order valence-electron chi connectivity index (χ1n) is 7.00. The van der Waals surface area contributed by atoms with Gasteiger partial charge in [0.05, 0.1) is 13.2 Å². The maximum absolute atomic E-state index is 6.19. The second-order valence-electron chi connectivity index (χ2n) is 5.64. The second kappa shape index (κ2) is 4.25. The van der Waals surface area contributed by atoms with Gasteiger partial charge in [0, 0.05) is 12.0 Å². The monoisotopic (exact) mass is 245 g/mol. The fraction of sp³-hybridized carbons (Fsp3) is 0.600. The third kappa shape index (κ3) is 1.91. The van der Waals surface area contributed by atoms with E-state index in [9.17, 15) is 0 Å². The summed E-state index contributed by atoms with van der Waals surface area (Å²) in [7, 11) is 0. The lowest BCUT2D eigenvalue weighted by molar-refractivity contribution is 0.110. The van der Waals surface area contributed by atoms with E-state index in [1.807, 2.05) is 0 Å². The van der Waals surface area contributed by atoms with E-state index in [2.05, 4.69) is 23.5 Å². The fourth-order valence-corrected chi connectivity index (χ4v) is 3.22. The van der Waals surface area contributed by atoms with Gasteiger partial charge in [-0.1, -0.05) is 6.07 Å². The Labute approximate surface area is 107 Å². The van der Waals surface area contributed by atoms with Gasteiger partial charge < -0.3 is 14.8 Å². The van der Waals surface area contributed by atoms with E-state index >= 15 is 0 Å². The minimum absolute atomic E-state index is 0.425. The Bertz CT molecular complexity index is 460. The lowest BCUT2D eigenvalue weighted by atomic mass is 10.0. The molecule has 3 heteroatoms. The molecule has 2 fully saturated rings. The molecule has 0 amide bonds. The van der Waals surface area contributed by atoms with Crippen LogP contribution in [0.1, 0.15) is 24.0 Å². The van der Waals surface area contributed by atoms with E-state index in [0.717, 1.165) is 50.3 Å². The molecule has 1 aromatic carbocycles. The predicted molar refractivity (Wildman–Crippen MR) is 68.7 cm³/mol. The zero-order chi connectivity index (χ0) is 11.9. The fourth-order valence-electron chi connectivity index (χ4n) is 3.22. The summed E-state index contributed by atoms with van der Waals surface area (Å²) in [6.07, 6.45) is 3.88. The van der Waals surface area contributed by atoms with Crippen LogP contribution in [0.5, 0.6) is 5.75 Å². The van der Waals surface area contributed by atoms with Crippen molar-refractivity contribution in [3.05, 3.63) is 29.3 Å². The average molecular weight is 245 g/mol. The molecule has 96 valence electrons. The molecule has 0 spiro atoms. The van der Waals surface area contributed by atoms with Crippen molar-refractivity contribution >= 4 is 0 Å². The molecule has 2 aliphatic heterocycles. The van der Waals surface area contributed by atoms with Crippen LogP contribution in [0.2, 0.25) is 0 Å². The van der Waals surface area contributed by atoms with Gasteiger partial charge in [0.25, 0.3) is 0 Å². The topological polar surface area (TPSA) is 30.5 Å². The van der Waals surface area contributed by atoms with Crippen LogP contribution in [0.25, 0.3) is 0 Å². The Morgan fingerprint density at radius 1 is 1.28 bits per heavy atom. The van der Waals surface area contributed by atoms with E-state index in [1.165, 1.54) is 17.5 Å². The van der Waals surface area contributed by atoms with E-state index in [0.29, 0.717) is 6.10 Å². The van der Waals surface area contributed by atoms with Crippen LogP contribution in [0.4, 0.5) is 0 Å². The van der Waals surface area contributed by atoms with Gasteiger partial charge in [0.1, 0.15) is 11.9 Å². The summed E-state index contributed by atoms with van der Waals surface area (Å²) in [6, 6.07) is 7.22. The largest absolute Gasteiger partial charge is 0.490 e. The normalized spacial score (nSPS) is 33.4. The van der Waals surface area contributed by atoms with Gasteiger partial charge in [-0.2, -0.15) is 0 Å². The van der Waals surface area contributed by atoms with Crippen molar-refractivity contribution in [2.45, 2.75) is 38.0 Å². The lowest BCUT2D eigenvalue weighted by Crippen LogP contribution is -2.35. The van der Waals surface area contributed by atoms with Crippen LogP contribution in [-0.4, -0.2) is 25.3 Å². The molecule has 1 aliphatic carbocycles. The van der Waals surface area contributed by atoms with Crippen molar-refractivity contribution < 1.29 is 9.47 Å². The van der Waals surface area contributed by atoms with Crippen LogP contribution in [0.15, 0.2) is 18.2 Å². The molecule has 0 aromatic heterocycles. The molecule has 1 aromatic rings. The van der Waals surface area contributed by atoms with E-state index < -0.39 is 0 Å². The summed E-state index contributed by atoms with van der Waals surface area (Å²) < 4.78 is 11.7. The lowest BCUT2D eigenvalue weighted by Gasteiger charge is -2.24. The zero-order valence-corrected chi connectivity index (χ0v) is 10.5. The highest BCUT2D eigenvalue weighted by molar-refractivity contribution is 5.36. The molecule has 3 atom stereocenters. The first kappa shape index (κ1) is 10.8. The summed E-state index contributed by atoms with van der Waals surface area (Å²) in [5.41, 5.74) is 2.73. The van der Waals surface area contributed by atoms with Crippen LogP contribution in [0.3, 0.4) is 0 Å². The average Bonchev–Trinajstić information content (AvgIpc) is 3.19. The summed E-state index contributed by atoms with van der Waals surface area (Å²) in [6.45, 7) is 2.70. The highest BCUT2D eigenvalue weighted by Gasteiger charge is 2.46. The van der Waals surface area contributed by atoms with Gasteiger partial charge in [0.2, 0.25) is 0 Å². The van der Waals surface area contributed by atoms with Crippen LogP contribution in [-0.2, 0) is 17.8 Å². The molecule has 0 radical (unpaired) electrons. The number of hydrogen-bond donors (Lipinski definition) is 1. The molecule has 4 rings (SSSR count). The van der Waals surface area contributed by atoms with E-state index in [1.54, 1.807) is 0 Å². The van der Waals surface area contributed by atoms with Gasteiger partial charge in [0.15, 0.2) is 0 Å². The van der Waals surface area contributed by atoms with Crippen molar-refractivity contribution in [1.29, 1.82) is 0 Å². The van der Waals surface area contributed by atoms with Gasteiger partial charge in [-0.3, -0.25) is 0 Å². The van der Waals surface area contributed by atoms with Gasteiger partial charge in [-0.05, 0) is 49.1 Å². The molecular weight excluding hydrogens is 226 g/mol. The number of fused-ring (bicyclic) bond motifs is 2. The van der Waals surface area contributed by atoms with Gasteiger partial charge in [-0.25, -0.2) is 0 Å². The molecule has 3 aliphatic rings. The Kier molecular flexibility index (Phi) is 2.55. The second-order valence-corrected chi connectivity index (χ2v) is 5.64. The van der Waals surface area contributed by atoms with Gasteiger partial charge >= 0.3 is 0 Å². The highest BCUT2D eigenvalue weighted by Crippen LogP contribution is 2.40. The SMILES string of the molecule is c1cc2c(cc1OC1CCNC3CC31)CCOC2. The predicted octanol–water partition coefficient (Wildman–Crippen LogP) is 1.89. The number of rotatable bonds is 2. The number of hydrogen-bond acceptors (Lipinski definition) is 3. The Morgan fingerprint density at radius 3 is 3.28 bits per heavy atom. The Morgan fingerprint density at radius 2 is 2.28 bits per heavy atom. The summed E-state index contributed by atoms with van der Waals surface area (Å²) >= 11 is 0. The number of ether oxygens (including phenoxy) is 2. The van der Waals surface area contributed by atoms with Crippen molar-refractivity contribution in [2.75, 3.05) is 13.2 Å². The minimum atomic E-state index is 0.425. The molecule has 1 N–H and O–H groups in total. The Balaban J connectivity index is 1.51. The van der Waals surface area contributed by atoms with Crippen molar-refractivity contribution in [1.82, 2.24) is 5.32 Å². The molecule has 0 bridgehead atoms. The number of piperidine rings is 1. The molecule has 3 nitrogen and oxygen atoms in total. The summed E-state index contributed by atoms with van der Waals surface area (Å²) in [5, 5.41) is 3.53. The molecule has 2 heterocycles. The first-order chi connectivity index (χ1) is 8.90. The smallest absolute Gasteiger partial charge is 0.120 e. The maximum Gasteiger partial charge on any atom is 0.120 e. The van der Waals surface area contributed by atoms with E-state index in [-0.39, 0.29) is 0 Å². The van der Waals surface area contributed by atoms with Crippen LogP contribution < -0.4 is 10.1 Å². The van der Waals surface area contributed by atoms with Crippen molar-refractivity contribution in [3.63, 3.8) is 0 Å². The number of nitrogens with one attached hydrogen (secondary N) is 1. The third-order valence-corrected chi connectivity index (χ3v) is 4.39. The summed E-state index contributed by atoms with van der Waals surface area (Å²) in [5.74, 6) is 1.80. The molecule has 1 saturated carbocycles. The molecule has 1 saturated heterocycles. The standard InChI is InChI=1S/C15H19NO2/c1-2-12(7-10-4-6-17-9-11(1)10)18-15-3-5-16-14-8-13(14)15/h1-2,7,13-16H,3-6,8-9H2. The van der Waals surface area contributed by atoms with Crippen LogP contribution in [0, 0.1) is 5.92 Å². The van der Waals surface area contributed by atoms with Crippen molar-refractivity contribution in [3.8, 4) is 5.75 Å². The third-order valence-electron chi connectivity index (χ3n) is 4.39. The zero-order valence-electron chi connectivity index (χ0n) is 10.5. The van der Waals surface area contributed by atoms with Crippen LogP contribution >= 0.6 is 0 Å². The first-order valence-corrected chi connectivity index (χ1v) is 7.00. The van der Waals surface area contributed by atoms with Gasteiger partial charge in [-0.15, -0.1) is 0 Å². The molecular formula is C15H19NO2. The quantitative estimate of drug-likeness (QED) is 0.863. The van der Waals surface area contributed by atoms with E-state index in [4.69, 9.17) is 9.47 Å². The number of benzene rings is 1. The molecule has 18 heavy (non-hydrogen) atoms. The van der Waals surface area contributed by atoms with Crippen molar-refractivity contribution in [2.24, 2.45) is 5.92 Å². The minimum Gasteiger partial charge on any atom is -0.490 e. The molecule has 3 unspecified atom stereocenters. The highest BCUT2D eigenvalue weighted by atomic mass is 16.5. The maximum atomic E-state index is 6.19. The summed E-state index contributed by atoms with van der Waals surface area (Å²) in [4.78, 5) is 0. The Hall–Kier alpha value is -1.06.